The van der Waals surface area contributed by atoms with E-state index < -0.39 is 0 Å². The number of ether oxygens (including phenoxy) is 1. The van der Waals surface area contributed by atoms with Gasteiger partial charge in [-0.05, 0) is 18.7 Å². The van der Waals surface area contributed by atoms with Gasteiger partial charge in [0.2, 0.25) is 0 Å². The van der Waals surface area contributed by atoms with Gasteiger partial charge in [-0.1, -0.05) is 0 Å². The number of hydrogen-bond acceptors (Lipinski definition) is 4. The van der Waals surface area contributed by atoms with Crippen LogP contribution in [0.4, 0.5) is 0 Å². The first-order chi connectivity index (χ1) is 7.26. The van der Waals surface area contributed by atoms with Crippen molar-refractivity contribution < 1.29 is 14.3 Å². The number of furan rings is 1. The average Bonchev–Trinajstić information content (AvgIpc) is 2.56. The summed E-state index contributed by atoms with van der Waals surface area (Å²) in [6, 6.07) is 5.30. The molecule has 15 heavy (non-hydrogen) atoms. The predicted molar refractivity (Wildman–Crippen MR) is 57.2 cm³/mol. The minimum atomic E-state index is 0.179. The quantitative estimate of drug-likeness (QED) is 0.802. The Bertz CT molecular complexity index is 476. The number of nitrogens with two attached hydrogens (primary N) is 1. The van der Waals surface area contributed by atoms with Crippen molar-refractivity contribution in [3.05, 3.63) is 24.0 Å². The highest BCUT2D eigenvalue weighted by molar-refractivity contribution is 5.86. The summed E-state index contributed by atoms with van der Waals surface area (Å²) in [5.41, 5.74) is 6.03. The fourth-order valence-electron chi connectivity index (χ4n) is 1.54. The first-order valence-electron chi connectivity index (χ1n) is 4.74. The SMILES string of the molecule is COc1ccc2c(O)c(CCN)oc2c1. The summed E-state index contributed by atoms with van der Waals surface area (Å²) >= 11 is 0. The summed E-state index contributed by atoms with van der Waals surface area (Å²) in [6.45, 7) is 0.449. The third-order valence-corrected chi connectivity index (χ3v) is 2.31. The van der Waals surface area contributed by atoms with E-state index in [2.05, 4.69) is 0 Å². The molecule has 0 amide bonds. The van der Waals surface area contributed by atoms with E-state index in [0.29, 0.717) is 35.4 Å². The molecule has 3 N–H and O–H groups in total. The number of benzene rings is 1. The van der Waals surface area contributed by atoms with E-state index in [1.807, 2.05) is 0 Å². The Morgan fingerprint density at radius 1 is 1.47 bits per heavy atom. The zero-order chi connectivity index (χ0) is 10.8. The number of hydrogen-bond donors (Lipinski definition) is 2. The molecule has 2 aromatic rings. The van der Waals surface area contributed by atoms with Crippen LogP contribution in [-0.2, 0) is 6.42 Å². The maximum absolute atomic E-state index is 9.79. The van der Waals surface area contributed by atoms with Gasteiger partial charge in [0.25, 0.3) is 0 Å². The Morgan fingerprint density at radius 2 is 2.27 bits per heavy atom. The third kappa shape index (κ3) is 1.64. The van der Waals surface area contributed by atoms with Gasteiger partial charge >= 0.3 is 0 Å². The largest absolute Gasteiger partial charge is 0.504 e. The van der Waals surface area contributed by atoms with E-state index in [4.69, 9.17) is 14.9 Å². The smallest absolute Gasteiger partial charge is 0.165 e. The monoisotopic (exact) mass is 207 g/mol. The molecule has 0 unspecified atom stereocenters. The Balaban J connectivity index is 2.55. The fraction of sp³-hybridized carbons (Fsp3) is 0.273. The molecule has 0 spiro atoms. The lowest BCUT2D eigenvalue weighted by Crippen LogP contribution is -2.01. The van der Waals surface area contributed by atoms with Gasteiger partial charge in [-0.3, -0.25) is 0 Å². The van der Waals surface area contributed by atoms with Gasteiger partial charge in [0.15, 0.2) is 5.75 Å². The Labute approximate surface area is 87.2 Å². The molecule has 4 heteroatoms. The Hall–Kier alpha value is -1.68. The molecule has 0 aliphatic rings. The second kappa shape index (κ2) is 3.82. The number of methoxy groups -OCH3 is 1. The molecule has 1 aromatic carbocycles. The molecule has 1 heterocycles. The van der Waals surface area contributed by atoms with Gasteiger partial charge in [0.1, 0.15) is 17.1 Å². The van der Waals surface area contributed by atoms with E-state index in [-0.39, 0.29) is 5.75 Å². The highest BCUT2D eigenvalue weighted by Gasteiger charge is 2.12. The van der Waals surface area contributed by atoms with E-state index in [1.54, 1.807) is 25.3 Å². The van der Waals surface area contributed by atoms with Crippen LogP contribution in [0.1, 0.15) is 5.76 Å². The second-order valence-electron chi connectivity index (χ2n) is 3.27. The molecule has 0 aliphatic heterocycles. The van der Waals surface area contributed by atoms with Crippen LogP contribution in [0.5, 0.6) is 11.5 Å². The molecular formula is C11H13NO3. The second-order valence-corrected chi connectivity index (χ2v) is 3.27. The summed E-state index contributed by atoms with van der Waals surface area (Å²) in [5.74, 6) is 1.41. The third-order valence-electron chi connectivity index (χ3n) is 2.31. The molecule has 0 atom stereocenters. The maximum Gasteiger partial charge on any atom is 0.165 e. The molecule has 1 aromatic heterocycles. The molecule has 0 bridgehead atoms. The number of rotatable bonds is 3. The van der Waals surface area contributed by atoms with Crippen molar-refractivity contribution in [3.8, 4) is 11.5 Å². The van der Waals surface area contributed by atoms with Gasteiger partial charge in [-0.15, -0.1) is 0 Å². The summed E-state index contributed by atoms with van der Waals surface area (Å²) in [7, 11) is 1.59. The average molecular weight is 207 g/mol. The van der Waals surface area contributed by atoms with E-state index in [0.717, 1.165) is 0 Å². The molecule has 0 saturated carbocycles. The normalized spacial score (nSPS) is 10.8. The Morgan fingerprint density at radius 3 is 2.93 bits per heavy atom. The van der Waals surface area contributed by atoms with Gasteiger partial charge in [-0.2, -0.15) is 0 Å². The van der Waals surface area contributed by atoms with Crippen LogP contribution in [0.3, 0.4) is 0 Å². The van der Waals surface area contributed by atoms with Crippen LogP contribution in [-0.4, -0.2) is 18.8 Å². The molecule has 80 valence electrons. The molecule has 0 saturated heterocycles. The number of fused-ring (bicyclic) bond motifs is 1. The molecule has 0 radical (unpaired) electrons. The molecule has 2 rings (SSSR count). The minimum Gasteiger partial charge on any atom is -0.504 e. The lowest BCUT2D eigenvalue weighted by molar-refractivity contribution is 0.414. The maximum atomic E-state index is 9.79. The summed E-state index contributed by atoms with van der Waals surface area (Å²) < 4.78 is 10.5. The van der Waals surface area contributed by atoms with Crippen molar-refractivity contribution >= 4 is 11.0 Å². The van der Waals surface area contributed by atoms with Crippen molar-refractivity contribution in [2.75, 3.05) is 13.7 Å². The Kier molecular flexibility index (Phi) is 2.51. The first kappa shape index (κ1) is 9.86. The van der Waals surface area contributed by atoms with Crippen molar-refractivity contribution in [3.63, 3.8) is 0 Å². The van der Waals surface area contributed by atoms with Gasteiger partial charge in [0, 0.05) is 12.5 Å². The fourth-order valence-corrected chi connectivity index (χ4v) is 1.54. The van der Waals surface area contributed by atoms with Gasteiger partial charge < -0.3 is 20.0 Å². The zero-order valence-electron chi connectivity index (χ0n) is 8.49. The molecule has 4 nitrogen and oxygen atoms in total. The lowest BCUT2D eigenvalue weighted by atomic mass is 10.2. The molecular weight excluding hydrogens is 194 g/mol. The molecule has 0 fully saturated rings. The van der Waals surface area contributed by atoms with Gasteiger partial charge in [0.05, 0.1) is 12.5 Å². The highest BCUT2D eigenvalue weighted by Crippen LogP contribution is 2.34. The summed E-state index contributed by atoms with van der Waals surface area (Å²) in [6.07, 6.45) is 0.531. The molecule has 0 aliphatic carbocycles. The zero-order valence-corrected chi connectivity index (χ0v) is 8.49. The lowest BCUT2D eigenvalue weighted by Gasteiger charge is -1.96. The van der Waals surface area contributed by atoms with Gasteiger partial charge in [-0.25, -0.2) is 0 Å². The number of aromatic hydroxyl groups is 1. The van der Waals surface area contributed by atoms with E-state index in [1.165, 1.54) is 0 Å². The summed E-state index contributed by atoms with van der Waals surface area (Å²) in [5, 5.41) is 10.5. The van der Waals surface area contributed by atoms with Crippen LogP contribution in [0.2, 0.25) is 0 Å². The van der Waals surface area contributed by atoms with Crippen LogP contribution in [0.15, 0.2) is 22.6 Å². The van der Waals surface area contributed by atoms with Crippen LogP contribution >= 0.6 is 0 Å². The van der Waals surface area contributed by atoms with Crippen molar-refractivity contribution in [1.82, 2.24) is 0 Å². The van der Waals surface area contributed by atoms with Crippen molar-refractivity contribution in [2.24, 2.45) is 5.73 Å². The summed E-state index contributed by atoms with van der Waals surface area (Å²) in [4.78, 5) is 0. The minimum absolute atomic E-state index is 0.179. The van der Waals surface area contributed by atoms with Crippen LogP contribution in [0.25, 0.3) is 11.0 Å². The van der Waals surface area contributed by atoms with Crippen molar-refractivity contribution in [1.29, 1.82) is 0 Å². The predicted octanol–water partition coefficient (Wildman–Crippen LogP) is 1.65. The van der Waals surface area contributed by atoms with E-state index >= 15 is 0 Å². The van der Waals surface area contributed by atoms with Crippen LogP contribution in [0, 0.1) is 0 Å². The topological polar surface area (TPSA) is 68.6 Å². The van der Waals surface area contributed by atoms with Crippen molar-refractivity contribution in [2.45, 2.75) is 6.42 Å². The van der Waals surface area contributed by atoms with E-state index in [9.17, 15) is 5.11 Å². The first-order valence-corrected chi connectivity index (χ1v) is 4.74. The highest BCUT2D eigenvalue weighted by atomic mass is 16.5. The standard InChI is InChI=1S/C11H13NO3/c1-14-7-2-3-8-10(6-7)15-9(4-5-12)11(8)13/h2-3,6,13H,4-5,12H2,1H3. The van der Waals surface area contributed by atoms with Crippen LogP contribution < -0.4 is 10.5 Å².